The summed E-state index contributed by atoms with van der Waals surface area (Å²) in [6, 6.07) is 13.6. The van der Waals surface area contributed by atoms with Crippen molar-refractivity contribution in [2.24, 2.45) is 0 Å². The van der Waals surface area contributed by atoms with E-state index in [9.17, 15) is 13.2 Å². The van der Waals surface area contributed by atoms with Gasteiger partial charge in [-0.2, -0.15) is 4.98 Å². The molecule has 0 aliphatic carbocycles. The maximum Gasteiger partial charge on any atom is 0.264 e. The van der Waals surface area contributed by atoms with Crippen molar-refractivity contribution in [3.05, 3.63) is 65.2 Å². The highest BCUT2D eigenvalue weighted by Crippen LogP contribution is 2.30. The molecule has 5 rings (SSSR count). The Bertz CT molecular complexity index is 1320. The van der Waals surface area contributed by atoms with Crippen LogP contribution in [0, 0.1) is 13.8 Å². The highest BCUT2D eigenvalue weighted by atomic mass is 32.2. The second-order valence-electron chi connectivity index (χ2n) is 8.09. The molecule has 8 nitrogen and oxygen atoms in total. The number of nitrogens with zero attached hydrogens (tertiary/aromatic N) is 3. The lowest BCUT2D eigenvalue weighted by molar-refractivity contribution is 0.0771. The van der Waals surface area contributed by atoms with Gasteiger partial charge in [0.2, 0.25) is 11.8 Å². The summed E-state index contributed by atoms with van der Waals surface area (Å²) in [5.41, 5.74) is 3.79. The fourth-order valence-corrected chi connectivity index (χ4v) is 5.20. The lowest BCUT2D eigenvalue weighted by atomic mass is 10.00. The molecule has 164 valence electrons. The summed E-state index contributed by atoms with van der Waals surface area (Å²) < 4.78 is 34.7. The summed E-state index contributed by atoms with van der Waals surface area (Å²) in [6.07, 6.45) is 0.419. The van der Waals surface area contributed by atoms with E-state index >= 15 is 0 Å². The van der Waals surface area contributed by atoms with E-state index in [1.807, 2.05) is 32.0 Å². The maximum atomic E-state index is 13.1. The van der Waals surface area contributed by atoms with Crippen LogP contribution in [0.3, 0.4) is 0 Å². The van der Waals surface area contributed by atoms with Gasteiger partial charge in [-0.15, -0.1) is 0 Å². The van der Waals surface area contributed by atoms with Crippen molar-refractivity contribution < 1.29 is 17.9 Å². The number of aryl methyl sites for hydroxylation is 2. The zero-order valence-corrected chi connectivity index (χ0v) is 18.5. The van der Waals surface area contributed by atoms with Crippen LogP contribution in [0.2, 0.25) is 0 Å². The van der Waals surface area contributed by atoms with Crippen molar-refractivity contribution in [2.45, 2.75) is 31.3 Å². The van der Waals surface area contributed by atoms with Crippen LogP contribution in [-0.4, -0.2) is 48.4 Å². The molecule has 2 aliphatic heterocycles. The van der Waals surface area contributed by atoms with E-state index in [0.29, 0.717) is 30.8 Å². The van der Waals surface area contributed by atoms with Crippen LogP contribution in [0.1, 0.15) is 27.9 Å². The molecule has 0 spiro atoms. The lowest BCUT2D eigenvalue weighted by Crippen LogP contribution is -2.31. The molecule has 0 radical (unpaired) electrons. The third-order valence-corrected chi connectivity index (χ3v) is 7.10. The molecule has 1 aromatic heterocycles. The Morgan fingerprint density at radius 2 is 1.81 bits per heavy atom. The molecule has 1 saturated heterocycles. The Hall–Kier alpha value is -3.46. The van der Waals surface area contributed by atoms with Gasteiger partial charge in [0, 0.05) is 30.2 Å². The third-order valence-electron chi connectivity index (χ3n) is 5.78. The number of benzene rings is 2. The number of nitrogens with one attached hydrogen (secondary N) is 1. The van der Waals surface area contributed by atoms with E-state index in [4.69, 9.17) is 4.74 Å². The first-order valence-electron chi connectivity index (χ1n) is 10.3. The van der Waals surface area contributed by atoms with E-state index in [1.54, 1.807) is 23.1 Å². The van der Waals surface area contributed by atoms with Crippen molar-refractivity contribution in [3.8, 4) is 17.1 Å². The number of carbonyl (C=O) groups excluding carboxylic acids is 1. The molecule has 1 N–H and O–H groups in total. The van der Waals surface area contributed by atoms with Crippen LogP contribution in [0.4, 0.5) is 5.95 Å². The van der Waals surface area contributed by atoms with E-state index in [1.165, 1.54) is 12.1 Å². The highest BCUT2D eigenvalue weighted by Gasteiger charge is 2.30. The van der Waals surface area contributed by atoms with Crippen molar-refractivity contribution >= 4 is 21.9 Å². The Balaban J connectivity index is 1.68. The molecule has 1 amide bonds. The Labute approximate surface area is 186 Å². The zero-order chi connectivity index (χ0) is 22.5. The van der Waals surface area contributed by atoms with Crippen LogP contribution in [-0.2, 0) is 10.0 Å². The molecule has 1 atom stereocenters. The van der Waals surface area contributed by atoms with Crippen LogP contribution in [0.5, 0.6) is 5.88 Å². The summed E-state index contributed by atoms with van der Waals surface area (Å²) in [5.74, 6) is -0.0343. The van der Waals surface area contributed by atoms with E-state index in [0.717, 1.165) is 16.7 Å². The summed E-state index contributed by atoms with van der Waals surface area (Å²) in [4.78, 5) is 23.4. The van der Waals surface area contributed by atoms with Gasteiger partial charge in [0.1, 0.15) is 6.10 Å². The Morgan fingerprint density at radius 3 is 2.59 bits per heavy atom. The molecule has 6 bridgehead atoms. The summed E-state index contributed by atoms with van der Waals surface area (Å²) >= 11 is 0. The molecule has 0 unspecified atom stereocenters. The summed E-state index contributed by atoms with van der Waals surface area (Å²) in [6.45, 7) is 4.88. The van der Waals surface area contributed by atoms with E-state index in [2.05, 4.69) is 14.7 Å². The standard InChI is InChI=1S/C23H22N4O4S/c1-14-5-3-6-15(2)21(14)19-12-20-25-23(24-19)26-32(29,30)18-8-4-7-16(11-18)22(28)27-10-9-17(13-27)31-20/h3-8,11-12,17H,9-10,13H2,1-2H3,(H,24,25,26)/t17-/m1/s1. The molecule has 9 heteroatoms. The van der Waals surface area contributed by atoms with Crippen molar-refractivity contribution in [1.29, 1.82) is 0 Å². The second kappa shape index (κ2) is 7.59. The molecule has 2 aliphatic rings. The zero-order valence-electron chi connectivity index (χ0n) is 17.7. The van der Waals surface area contributed by atoms with Gasteiger partial charge in [0.05, 0.1) is 17.1 Å². The smallest absolute Gasteiger partial charge is 0.264 e. The number of hydrogen-bond donors (Lipinski definition) is 1. The molecule has 0 saturated carbocycles. The lowest BCUT2D eigenvalue weighted by Gasteiger charge is -2.17. The van der Waals surface area contributed by atoms with Gasteiger partial charge in [0.15, 0.2) is 0 Å². The molecular formula is C23H22N4O4S. The van der Waals surface area contributed by atoms with Crippen LogP contribution in [0.25, 0.3) is 11.3 Å². The monoisotopic (exact) mass is 450 g/mol. The molecule has 32 heavy (non-hydrogen) atoms. The first-order valence-corrected chi connectivity index (χ1v) is 11.8. The average molecular weight is 451 g/mol. The number of anilines is 1. The van der Waals surface area contributed by atoms with Gasteiger partial charge >= 0.3 is 0 Å². The fourth-order valence-electron chi connectivity index (χ4n) is 4.22. The average Bonchev–Trinajstić information content (AvgIpc) is 3.20. The Kier molecular flexibility index (Phi) is 4.85. The maximum absolute atomic E-state index is 13.1. The predicted molar refractivity (Wildman–Crippen MR) is 119 cm³/mol. The summed E-state index contributed by atoms with van der Waals surface area (Å²) in [7, 11) is -4.02. The number of hydrogen-bond acceptors (Lipinski definition) is 6. The molecule has 2 aromatic carbocycles. The van der Waals surface area contributed by atoms with E-state index in [-0.39, 0.29) is 28.7 Å². The summed E-state index contributed by atoms with van der Waals surface area (Å²) in [5, 5.41) is 0. The number of aromatic nitrogens is 2. The molecule has 1 fully saturated rings. The topological polar surface area (TPSA) is 101 Å². The van der Waals surface area contributed by atoms with E-state index < -0.39 is 10.0 Å². The number of rotatable bonds is 1. The van der Waals surface area contributed by atoms with Crippen LogP contribution < -0.4 is 9.46 Å². The van der Waals surface area contributed by atoms with Gasteiger partial charge in [-0.3, -0.25) is 4.79 Å². The largest absolute Gasteiger partial charge is 0.472 e. The fraction of sp³-hybridized carbons (Fsp3) is 0.261. The normalized spacial score (nSPS) is 19.2. The minimum Gasteiger partial charge on any atom is -0.472 e. The Morgan fingerprint density at radius 1 is 1.06 bits per heavy atom. The first-order chi connectivity index (χ1) is 15.3. The second-order valence-corrected chi connectivity index (χ2v) is 9.78. The SMILES string of the molecule is Cc1cccc(C)c1-c1cc2nc(n1)NS(=O)(=O)c1cccc(c1)C(=O)N1CC[C@H](C1)O2. The van der Waals surface area contributed by atoms with Gasteiger partial charge < -0.3 is 9.64 Å². The number of ether oxygens (including phenoxy) is 1. The van der Waals surface area contributed by atoms with Crippen LogP contribution in [0.15, 0.2) is 53.4 Å². The molecule has 3 heterocycles. The predicted octanol–water partition coefficient (Wildman–Crippen LogP) is 3.17. The van der Waals surface area contributed by atoms with Gasteiger partial charge in [-0.25, -0.2) is 18.1 Å². The minimum absolute atomic E-state index is 0.0260. The van der Waals surface area contributed by atoms with Crippen molar-refractivity contribution in [1.82, 2.24) is 14.9 Å². The number of sulfonamides is 1. The molecule has 3 aromatic rings. The van der Waals surface area contributed by atoms with Crippen molar-refractivity contribution in [3.63, 3.8) is 0 Å². The van der Waals surface area contributed by atoms with Crippen molar-refractivity contribution in [2.75, 3.05) is 17.8 Å². The first kappa shape index (κ1) is 20.4. The molecular weight excluding hydrogens is 428 g/mol. The number of carbonyl (C=O) groups is 1. The highest BCUT2D eigenvalue weighted by molar-refractivity contribution is 7.92. The van der Waals surface area contributed by atoms with Gasteiger partial charge in [-0.1, -0.05) is 24.3 Å². The number of fused-ring (bicyclic) bond motifs is 6. The quantitative estimate of drug-likeness (QED) is 0.611. The van der Waals surface area contributed by atoms with Crippen LogP contribution >= 0.6 is 0 Å². The van der Waals surface area contributed by atoms with Gasteiger partial charge in [-0.05, 0) is 43.2 Å². The minimum atomic E-state index is -4.02. The van der Waals surface area contributed by atoms with Gasteiger partial charge in [0.25, 0.3) is 15.9 Å². The number of amides is 1. The third kappa shape index (κ3) is 3.69.